The van der Waals surface area contributed by atoms with E-state index in [-0.39, 0.29) is 0 Å². The van der Waals surface area contributed by atoms with Crippen LogP contribution in [0.2, 0.25) is 0 Å². The van der Waals surface area contributed by atoms with Crippen molar-refractivity contribution in [3.05, 3.63) is 47.9 Å². The average molecular weight is 184 g/mol. The molecule has 0 bridgehead atoms. The molecule has 2 nitrogen and oxygen atoms in total. The zero-order valence-electron chi connectivity index (χ0n) is 8.36. The second-order valence-corrected chi connectivity index (χ2v) is 3.41. The van der Waals surface area contributed by atoms with Crippen LogP contribution in [0.25, 0.3) is 11.3 Å². The Balaban J connectivity index is 2.57. The molecule has 0 fully saturated rings. The van der Waals surface area contributed by atoms with Gasteiger partial charge in [0.15, 0.2) is 0 Å². The van der Waals surface area contributed by atoms with Gasteiger partial charge in [-0.1, -0.05) is 17.7 Å². The van der Waals surface area contributed by atoms with Gasteiger partial charge in [0.1, 0.15) is 6.33 Å². The smallest absolute Gasteiger partial charge is 0.116 e. The minimum Gasteiger partial charge on any atom is -0.245 e. The Morgan fingerprint density at radius 2 is 1.93 bits per heavy atom. The Hall–Kier alpha value is -1.70. The fourth-order valence-corrected chi connectivity index (χ4v) is 1.46. The second kappa shape index (κ2) is 3.58. The molecule has 0 saturated heterocycles. The van der Waals surface area contributed by atoms with Crippen LogP contribution in [0, 0.1) is 13.8 Å². The highest BCUT2D eigenvalue weighted by Crippen LogP contribution is 2.21. The normalized spacial score (nSPS) is 10.1. The Kier molecular flexibility index (Phi) is 2.27. The lowest BCUT2D eigenvalue weighted by Crippen LogP contribution is -1.88. The fraction of sp³-hybridized carbons (Fsp3) is 0.167. The number of aryl methyl sites for hydroxylation is 2. The molecule has 0 amide bonds. The number of benzene rings is 1. The Bertz CT molecular complexity index is 435. The zero-order valence-corrected chi connectivity index (χ0v) is 8.36. The molecule has 1 aromatic carbocycles. The van der Waals surface area contributed by atoms with Crippen molar-refractivity contribution in [3.63, 3.8) is 0 Å². The Morgan fingerprint density at radius 3 is 2.64 bits per heavy atom. The first kappa shape index (κ1) is 8.88. The average Bonchev–Trinajstić information content (AvgIpc) is 2.23. The lowest BCUT2D eigenvalue weighted by Gasteiger charge is -2.05. The summed E-state index contributed by atoms with van der Waals surface area (Å²) in [7, 11) is 0. The van der Waals surface area contributed by atoms with E-state index in [1.807, 2.05) is 6.07 Å². The van der Waals surface area contributed by atoms with Crippen LogP contribution in [0.5, 0.6) is 0 Å². The van der Waals surface area contributed by atoms with Gasteiger partial charge >= 0.3 is 0 Å². The van der Waals surface area contributed by atoms with Crippen LogP contribution in [-0.4, -0.2) is 9.97 Å². The zero-order chi connectivity index (χ0) is 9.97. The highest BCUT2D eigenvalue weighted by atomic mass is 14.8. The maximum atomic E-state index is 4.24. The summed E-state index contributed by atoms with van der Waals surface area (Å²) < 4.78 is 0. The topological polar surface area (TPSA) is 25.8 Å². The van der Waals surface area contributed by atoms with Crippen molar-refractivity contribution >= 4 is 0 Å². The monoisotopic (exact) mass is 184 g/mol. The van der Waals surface area contributed by atoms with Crippen LogP contribution in [0.1, 0.15) is 11.1 Å². The minimum absolute atomic E-state index is 0.987. The van der Waals surface area contributed by atoms with Gasteiger partial charge in [-0.15, -0.1) is 0 Å². The summed E-state index contributed by atoms with van der Waals surface area (Å²) in [6, 6.07) is 8.31. The third-order valence-electron chi connectivity index (χ3n) is 2.25. The summed E-state index contributed by atoms with van der Waals surface area (Å²) in [5.41, 5.74) is 4.67. The van der Waals surface area contributed by atoms with E-state index < -0.39 is 0 Å². The molecule has 0 atom stereocenters. The summed E-state index contributed by atoms with van der Waals surface area (Å²) >= 11 is 0. The predicted molar refractivity (Wildman–Crippen MR) is 56.9 cm³/mol. The summed E-state index contributed by atoms with van der Waals surface area (Å²) in [5, 5.41) is 0. The summed E-state index contributed by atoms with van der Waals surface area (Å²) in [6.07, 6.45) is 3.35. The Labute approximate surface area is 83.7 Å². The molecule has 70 valence electrons. The fourth-order valence-electron chi connectivity index (χ4n) is 1.46. The molecule has 2 heteroatoms. The highest BCUT2D eigenvalue weighted by molar-refractivity contribution is 5.63. The van der Waals surface area contributed by atoms with E-state index in [1.54, 1.807) is 12.5 Å². The molecule has 0 aliphatic carbocycles. The van der Waals surface area contributed by atoms with Crippen LogP contribution < -0.4 is 0 Å². The number of nitrogens with zero attached hydrogens (tertiary/aromatic N) is 2. The first-order valence-corrected chi connectivity index (χ1v) is 4.61. The van der Waals surface area contributed by atoms with Crippen molar-refractivity contribution in [2.45, 2.75) is 13.8 Å². The molecule has 0 aliphatic rings. The number of hydrogen-bond acceptors (Lipinski definition) is 2. The standard InChI is InChI=1S/C12H12N2/c1-9-3-4-10(2)11(7-9)12-5-6-13-8-14-12/h3-8H,1-2H3. The van der Waals surface area contributed by atoms with Gasteiger partial charge in [0.2, 0.25) is 0 Å². The van der Waals surface area contributed by atoms with Crippen LogP contribution in [0.15, 0.2) is 36.8 Å². The quantitative estimate of drug-likeness (QED) is 0.681. The molecule has 14 heavy (non-hydrogen) atoms. The van der Waals surface area contributed by atoms with Crippen molar-refractivity contribution in [2.75, 3.05) is 0 Å². The molecule has 1 aromatic heterocycles. The molecular weight excluding hydrogens is 172 g/mol. The van der Waals surface area contributed by atoms with Crippen molar-refractivity contribution in [1.29, 1.82) is 0 Å². The van der Waals surface area contributed by atoms with Gasteiger partial charge in [-0.25, -0.2) is 9.97 Å². The number of hydrogen-bond donors (Lipinski definition) is 0. The van der Waals surface area contributed by atoms with Gasteiger partial charge in [0.25, 0.3) is 0 Å². The SMILES string of the molecule is Cc1ccc(C)c(-c2ccncn2)c1. The van der Waals surface area contributed by atoms with Crippen molar-refractivity contribution < 1.29 is 0 Å². The molecule has 1 heterocycles. The maximum absolute atomic E-state index is 4.24. The molecule has 0 unspecified atom stereocenters. The van der Waals surface area contributed by atoms with Crippen LogP contribution in [0.4, 0.5) is 0 Å². The van der Waals surface area contributed by atoms with Gasteiger partial charge in [-0.05, 0) is 31.5 Å². The van der Waals surface area contributed by atoms with Gasteiger partial charge in [0.05, 0.1) is 5.69 Å². The number of rotatable bonds is 1. The molecule has 2 rings (SSSR count). The van der Waals surface area contributed by atoms with Crippen molar-refractivity contribution in [1.82, 2.24) is 9.97 Å². The molecule has 2 aromatic rings. The summed E-state index contributed by atoms with van der Waals surface area (Å²) in [6.45, 7) is 4.18. The van der Waals surface area contributed by atoms with Gasteiger partial charge in [-0.2, -0.15) is 0 Å². The van der Waals surface area contributed by atoms with E-state index in [0.717, 1.165) is 5.69 Å². The third-order valence-corrected chi connectivity index (χ3v) is 2.25. The molecule has 0 saturated carbocycles. The molecule has 0 aliphatic heterocycles. The summed E-state index contributed by atoms with van der Waals surface area (Å²) in [4.78, 5) is 8.15. The van der Waals surface area contributed by atoms with Gasteiger partial charge in [0, 0.05) is 11.8 Å². The summed E-state index contributed by atoms with van der Waals surface area (Å²) in [5.74, 6) is 0. The third kappa shape index (κ3) is 1.64. The maximum Gasteiger partial charge on any atom is 0.116 e. The molecular formula is C12H12N2. The van der Waals surface area contributed by atoms with E-state index in [4.69, 9.17) is 0 Å². The van der Waals surface area contributed by atoms with Crippen molar-refractivity contribution in [2.24, 2.45) is 0 Å². The van der Waals surface area contributed by atoms with Crippen molar-refractivity contribution in [3.8, 4) is 11.3 Å². The number of aromatic nitrogens is 2. The molecule has 0 radical (unpaired) electrons. The Morgan fingerprint density at radius 1 is 1.07 bits per heavy atom. The van der Waals surface area contributed by atoms with Gasteiger partial charge < -0.3 is 0 Å². The van der Waals surface area contributed by atoms with E-state index in [2.05, 4.69) is 42.0 Å². The first-order valence-electron chi connectivity index (χ1n) is 4.61. The largest absolute Gasteiger partial charge is 0.245 e. The van der Waals surface area contributed by atoms with Gasteiger partial charge in [-0.3, -0.25) is 0 Å². The van der Waals surface area contributed by atoms with E-state index >= 15 is 0 Å². The van der Waals surface area contributed by atoms with Crippen LogP contribution >= 0.6 is 0 Å². The lowest BCUT2D eigenvalue weighted by molar-refractivity contribution is 1.17. The lowest BCUT2D eigenvalue weighted by atomic mass is 10.0. The van der Waals surface area contributed by atoms with Crippen LogP contribution in [0.3, 0.4) is 0 Å². The van der Waals surface area contributed by atoms with E-state index in [0.29, 0.717) is 0 Å². The first-order chi connectivity index (χ1) is 6.77. The van der Waals surface area contributed by atoms with Crippen LogP contribution in [-0.2, 0) is 0 Å². The second-order valence-electron chi connectivity index (χ2n) is 3.41. The predicted octanol–water partition coefficient (Wildman–Crippen LogP) is 2.76. The minimum atomic E-state index is 0.987. The molecule has 0 N–H and O–H groups in total. The molecule has 0 spiro atoms. The van der Waals surface area contributed by atoms with E-state index in [1.165, 1.54) is 16.7 Å². The van der Waals surface area contributed by atoms with E-state index in [9.17, 15) is 0 Å². The highest BCUT2D eigenvalue weighted by Gasteiger charge is 2.02.